The second-order valence-corrected chi connectivity index (χ2v) is 11.6. The normalized spacial score (nSPS) is 10.1. The smallest absolute Gasteiger partial charge is 0.300 e. The maximum Gasteiger partial charge on any atom is 0.402 e. The molecule has 0 atom stereocenters. The van der Waals surface area contributed by atoms with E-state index in [4.69, 9.17) is 0 Å². The van der Waals surface area contributed by atoms with Crippen LogP contribution < -0.4 is 0 Å². The lowest BCUT2D eigenvalue weighted by molar-refractivity contribution is -0.327. The molecule has 37 heavy (non-hydrogen) atoms. The van der Waals surface area contributed by atoms with Gasteiger partial charge < -0.3 is 4.79 Å². The molecule has 0 saturated carbocycles. The monoisotopic (exact) mass is 590 g/mol. The molecule has 0 aliphatic carbocycles. The molecule has 0 aliphatic rings. The van der Waals surface area contributed by atoms with Gasteiger partial charge in [0, 0.05) is 12.5 Å². The first-order chi connectivity index (χ1) is 15.5. The van der Waals surface area contributed by atoms with Crippen molar-refractivity contribution in [1.82, 2.24) is 0 Å². The minimum Gasteiger partial charge on any atom is -0.300 e. The largest absolute Gasteiger partial charge is 0.402 e. The van der Waals surface area contributed by atoms with Crippen molar-refractivity contribution in [3.63, 3.8) is 0 Å². The molecule has 0 radical (unpaired) electrons. The maximum atomic E-state index is 11.6. The molecule has 0 aromatic heterocycles. The van der Waals surface area contributed by atoms with Gasteiger partial charge in [0.2, 0.25) is 0 Å². The highest BCUT2D eigenvalue weighted by molar-refractivity contribution is 7.89. The molecule has 0 N–H and O–H groups in total. The highest BCUT2D eigenvalue weighted by Crippen LogP contribution is 2.49. The van der Waals surface area contributed by atoms with Crippen molar-refractivity contribution >= 4 is 15.6 Å². The van der Waals surface area contributed by atoms with E-state index in [1.165, 1.54) is 33.6 Å². The Labute approximate surface area is 224 Å². The van der Waals surface area contributed by atoms with Crippen LogP contribution in [0, 0.1) is 10.8 Å². The number of halogens is 8. The van der Waals surface area contributed by atoms with Crippen molar-refractivity contribution < 1.29 is 48.3 Å². The number of rotatable bonds is 0. The van der Waals surface area contributed by atoms with E-state index in [0.717, 1.165) is 12.5 Å². The third-order valence-corrected chi connectivity index (χ3v) is 1.42. The third-order valence-electron chi connectivity index (χ3n) is 1.42. The molecule has 0 saturated heterocycles. The highest BCUT2D eigenvalue weighted by Gasteiger charge is 2.64. The molecule has 0 rings (SSSR count). The molecular weight excluding hydrogens is 532 g/mol. The summed E-state index contributed by atoms with van der Waals surface area (Å²) in [4.78, 5) is 9.44. The second kappa shape index (κ2) is 33.1. The fraction of sp³-hybridized carbons (Fsp3) is 0.960. The van der Waals surface area contributed by atoms with Crippen LogP contribution in [-0.2, 0) is 14.6 Å². The summed E-state index contributed by atoms with van der Waals surface area (Å²) in [5.41, 5.74) is -3.12. The summed E-state index contributed by atoms with van der Waals surface area (Å²) < 4.78 is 109. The van der Waals surface area contributed by atoms with E-state index in [-0.39, 0.29) is 33.7 Å². The molecule has 3 nitrogen and oxygen atoms in total. The van der Waals surface area contributed by atoms with Gasteiger partial charge in [-0.2, -0.15) is 26.3 Å². The molecule has 238 valence electrons. The SMILES string of the molecule is C.CC(C)(C(F)(F)F)C(F)(F)F.CC(C)(C)C.CC(C)=O.CCC.CCC.CCF.CF.CS(C)(=O)=O. The van der Waals surface area contributed by atoms with Gasteiger partial charge in [0.15, 0.2) is 5.41 Å². The Morgan fingerprint density at radius 2 is 0.703 bits per heavy atom. The standard InChI is InChI=1S/C5H6F6.C5H12.C3H6O.2C3H8.C2H5F.C2H6O2S.CH3F.CH4/c1-3(2,4(6,7)8)5(9,10)11;1-5(2,3)4;1-3(2)4;2*1-3-2;1-2-3;1-5(2,3)4;1-2;/h1-2H3;1-4H3;1-2H3;2*3H2,1-2H3;2H2,1H3;1-2H3;1H3;1H4. The Kier molecular flexibility index (Phi) is 54.1. The number of hydrogen-bond donors (Lipinski definition) is 0. The fourth-order valence-corrected chi connectivity index (χ4v) is 0.161. The Balaban J connectivity index is -0.0000000372. The lowest BCUT2D eigenvalue weighted by Crippen LogP contribution is -2.44. The first kappa shape index (κ1) is 60.5. The number of carbonyl (C=O) groups is 1. The number of sulfone groups is 1. The first-order valence-corrected chi connectivity index (χ1v) is 13.5. The van der Waals surface area contributed by atoms with Crippen LogP contribution in [-0.4, -0.2) is 52.9 Å². The average molecular weight is 591 g/mol. The molecule has 0 unspecified atom stereocenters. The summed E-state index contributed by atoms with van der Waals surface area (Å²) in [6.45, 7) is 21.7. The van der Waals surface area contributed by atoms with Crippen molar-refractivity contribution in [2.45, 2.75) is 123 Å². The van der Waals surface area contributed by atoms with Gasteiger partial charge in [0.1, 0.15) is 15.6 Å². The van der Waals surface area contributed by atoms with Crippen molar-refractivity contribution in [3.8, 4) is 0 Å². The summed E-state index contributed by atoms with van der Waals surface area (Å²) in [6, 6.07) is 0. The first-order valence-electron chi connectivity index (χ1n) is 11.2. The van der Waals surface area contributed by atoms with E-state index in [2.05, 4.69) is 55.4 Å². The lowest BCUT2D eigenvalue weighted by atomic mass is 9.92. The third kappa shape index (κ3) is 132. The number of Topliss-reactive ketones (excluding diaryl/α,β-unsaturated/α-hetero) is 1. The van der Waals surface area contributed by atoms with Gasteiger partial charge in [-0.3, -0.25) is 8.78 Å². The molecule has 0 bridgehead atoms. The van der Waals surface area contributed by atoms with Crippen molar-refractivity contribution in [2.24, 2.45) is 10.8 Å². The number of alkyl halides is 8. The van der Waals surface area contributed by atoms with E-state index < -0.39 is 27.6 Å². The molecule has 0 aromatic carbocycles. The molecular formula is C25H58F8O3S. The molecule has 0 spiro atoms. The predicted molar refractivity (Wildman–Crippen MR) is 145 cm³/mol. The van der Waals surface area contributed by atoms with E-state index in [1.54, 1.807) is 0 Å². The van der Waals surface area contributed by atoms with Crippen molar-refractivity contribution in [1.29, 1.82) is 0 Å². The van der Waals surface area contributed by atoms with E-state index in [1.807, 2.05) is 0 Å². The van der Waals surface area contributed by atoms with E-state index in [9.17, 15) is 48.3 Å². The lowest BCUT2D eigenvalue weighted by Gasteiger charge is -2.29. The second-order valence-electron chi connectivity index (χ2n) is 9.35. The fourth-order valence-electron chi connectivity index (χ4n) is 0.161. The molecule has 0 aromatic rings. The van der Waals surface area contributed by atoms with Crippen LogP contribution in [0.25, 0.3) is 0 Å². The Morgan fingerprint density at radius 3 is 0.703 bits per heavy atom. The highest BCUT2D eigenvalue weighted by atomic mass is 32.2. The number of hydrogen-bond acceptors (Lipinski definition) is 3. The van der Waals surface area contributed by atoms with Gasteiger partial charge in [-0.1, -0.05) is 75.7 Å². The van der Waals surface area contributed by atoms with Crippen LogP contribution in [0.1, 0.15) is 110 Å². The summed E-state index contributed by atoms with van der Waals surface area (Å²) in [7, 11) is -2.17. The maximum absolute atomic E-state index is 11.6. The summed E-state index contributed by atoms with van der Waals surface area (Å²) in [5, 5.41) is 0. The van der Waals surface area contributed by atoms with Crippen LogP contribution in [0.3, 0.4) is 0 Å². The summed E-state index contributed by atoms with van der Waals surface area (Å²) in [6.07, 6.45) is -5.67. The minimum absolute atomic E-state index is 0. The molecule has 0 amide bonds. The summed E-state index contributed by atoms with van der Waals surface area (Å²) in [5.74, 6) is 0.167. The van der Waals surface area contributed by atoms with Crippen LogP contribution in [0.5, 0.6) is 0 Å². The summed E-state index contributed by atoms with van der Waals surface area (Å²) >= 11 is 0. The number of ketones is 1. The Bertz CT molecular complexity index is 483. The van der Waals surface area contributed by atoms with Crippen LogP contribution in [0.4, 0.5) is 35.1 Å². The van der Waals surface area contributed by atoms with Crippen LogP contribution in [0.15, 0.2) is 0 Å². The van der Waals surface area contributed by atoms with E-state index in [0.29, 0.717) is 12.6 Å². The zero-order valence-corrected chi connectivity index (χ0v) is 26.1. The van der Waals surface area contributed by atoms with Crippen LogP contribution in [0.2, 0.25) is 0 Å². The quantitative estimate of drug-likeness (QED) is 0.264. The number of carbonyl (C=O) groups excluding carboxylic acids is 1. The van der Waals surface area contributed by atoms with Gasteiger partial charge in [0.05, 0.1) is 13.9 Å². The van der Waals surface area contributed by atoms with E-state index >= 15 is 0 Å². The predicted octanol–water partition coefficient (Wildman–Crippen LogP) is 10.5. The minimum atomic E-state index is -5.24. The molecule has 0 heterocycles. The van der Waals surface area contributed by atoms with Gasteiger partial charge in [-0.25, -0.2) is 8.42 Å². The molecule has 0 aliphatic heterocycles. The van der Waals surface area contributed by atoms with Crippen LogP contribution >= 0.6 is 0 Å². The molecule has 0 fully saturated rings. The van der Waals surface area contributed by atoms with Gasteiger partial charge >= 0.3 is 12.4 Å². The Morgan fingerprint density at radius 1 is 0.649 bits per heavy atom. The van der Waals surface area contributed by atoms with Gasteiger partial charge in [-0.15, -0.1) is 0 Å². The zero-order valence-electron chi connectivity index (χ0n) is 25.3. The average Bonchev–Trinajstić information content (AvgIpc) is 2.53. The van der Waals surface area contributed by atoms with Crippen molar-refractivity contribution in [3.05, 3.63) is 0 Å². The Hall–Kier alpha value is -0.940. The topological polar surface area (TPSA) is 51.2 Å². The zero-order chi connectivity index (χ0) is 32.2. The van der Waals surface area contributed by atoms with Gasteiger partial charge in [-0.05, 0) is 40.0 Å². The van der Waals surface area contributed by atoms with Gasteiger partial charge in [0.25, 0.3) is 0 Å². The molecule has 12 heteroatoms. The van der Waals surface area contributed by atoms with Crippen molar-refractivity contribution in [2.75, 3.05) is 26.4 Å².